The predicted molar refractivity (Wildman–Crippen MR) is 104 cm³/mol. The zero-order chi connectivity index (χ0) is 18.7. The van der Waals surface area contributed by atoms with E-state index in [4.69, 9.17) is 0 Å². The molecule has 0 spiro atoms. The minimum absolute atomic E-state index is 0.123. The van der Waals surface area contributed by atoms with Gasteiger partial charge in [0.2, 0.25) is 0 Å². The Kier molecular flexibility index (Phi) is 5.69. The first-order valence-corrected chi connectivity index (χ1v) is 9.95. The Morgan fingerprint density at radius 3 is 2.31 bits per heavy atom. The van der Waals surface area contributed by atoms with E-state index in [1.807, 2.05) is 6.07 Å². The monoisotopic (exact) mass is 381 g/mol. The standard InChI is InChI=1S/C18H24FN3O3S/c1-20-13-14(23)7-6-12-21-17-10-4-5-11-18(17)22(26(21,24)25)16-9-3-2-8-15(16)19/h2-5,8-11,14,20,23-25H,6-7,12-13H2,1H3/t14-/m0/s1. The fourth-order valence-corrected chi connectivity index (χ4v) is 4.96. The Bertz CT molecular complexity index is 762. The summed E-state index contributed by atoms with van der Waals surface area (Å²) in [5.41, 5.74) is 1.31. The first-order valence-electron chi connectivity index (χ1n) is 8.49. The first-order chi connectivity index (χ1) is 12.5. The lowest BCUT2D eigenvalue weighted by Gasteiger charge is -2.43. The van der Waals surface area contributed by atoms with Gasteiger partial charge in [-0.1, -0.05) is 24.3 Å². The summed E-state index contributed by atoms with van der Waals surface area (Å²) in [5, 5.41) is 12.8. The molecule has 1 heterocycles. The van der Waals surface area contributed by atoms with Crippen molar-refractivity contribution in [2.45, 2.75) is 18.9 Å². The van der Waals surface area contributed by atoms with E-state index >= 15 is 0 Å². The van der Waals surface area contributed by atoms with Gasteiger partial charge in [0.1, 0.15) is 11.5 Å². The molecule has 142 valence electrons. The number of fused-ring (bicyclic) bond motifs is 1. The molecule has 1 aliphatic heterocycles. The molecule has 0 aliphatic carbocycles. The van der Waals surface area contributed by atoms with E-state index < -0.39 is 22.9 Å². The van der Waals surface area contributed by atoms with Crippen LogP contribution in [0.1, 0.15) is 12.8 Å². The van der Waals surface area contributed by atoms with Crippen molar-refractivity contribution in [3.63, 3.8) is 0 Å². The highest BCUT2D eigenvalue weighted by molar-refractivity contribution is 8.27. The van der Waals surface area contributed by atoms with Gasteiger partial charge in [-0.2, -0.15) is 0 Å². The van der Waals surface area contributed by atoms with E-state index in [-0.39, 0.29) is 5.69 Å². The van der Waals surface area contributed by atoms with Gasteiger partial charge in [0.25, 0.3) is 0 Å². The third-order valence-electron chi connectivity index (χ3n) is 4.32. The summed E-state index contributed by atoms with van der Waals surface area (Å²) < 4.78 is 39.0. The number of anilines is 3. The number of hydrogen-bond donors (Lipinski definition) is 4. The van der Waals surface area contributed by atoms with Crippen molar-refractivity contribution in [2.24, 2.45) is 0 Å². The van der Waals surface area contributed by atoms with Gasteiger partial charge in [-0.05, 0) is 55.1 Å². The Labute approximate surface area is 154 Å². The third-order valence-corrected chi connectivity index (χ3v) is 6.17. The maximum absolute atomic E-state index is 14.3. The number of benzene rings is 2. The van der Waals surface area contributed by atoms with Crippen LogP contribution >= 0.6 is 11.0 Å². The maximum atomic E-state index is 14.3. The molecule has 0 aromatic heterocycles. The van der Waals surface area contributed by atoms with Crippen LogP contribution in [0.4, 0.5) is 21.5 Å². The van der Waals surface area contributed by atoms with Crippen molar-refractivity contribution < 1.29 is 18.6 Å². The van der Waals surface area contributed by atoms with Crippen LogP contribution in [-0.4, -0.2) is 40.5 Å². The minimum Gasteiger partial charge on any atom is -0.392 e. The number of nitrogens with one attached hydrogen (secondary N) is 1. The number of likely N-dealkylation sites (N-methyl/N-ethyl adjacent to an activating group) is 1. The van der Waals surface area contributed by atoms with Crippen LogP contribution in [0.2, 0.25) is 0 Å². The molecule has 3 rings (SSSR count). The minimum atomic E-state index is -3.44. The highest BCUT2D eigenvalue weighted by Crippen LogP contribution is 2.64. The summed E-state index contributed by atoms with van der Waals surface area (Å²) in [6.45, 7) is 0.819. The highest BCUT2D eigenvalue weighted by Gasteiger charge is 2.42. The molecule has 0 radical (unpaired) electrons. The maximum Gasteiger partial charge on any atom is 0.148 e. The molecule has 1 aliphatic rings. The van der Waals surface area contributed by atoms with Crippen molar-refractivity contribution in [2.75, 3.05) is 28.7 Å². The van der Waals surface area contributed by atoms with Gasteiger partial charge in [0.15, 0.2) is 0 Å². The molecule has 0 saturated carbocycles. The second-order valence-corrected chi connectivity index (χ2v) is 7.97. The molecule has 6 nitrogen and oxygen atoms in total. The van der Waals surface area contributed by atoms with E-state index in [0.717, 1.165) is 0 Å². The second-order valence-electron chi connectivity index (χ2n) is 6.18. The smallest absolute Gasteiger partial charge is 0.148 e. The van der Waals surface area contributed by atoms with Gasteiger partial charge in [-0.3, -0.25) is 13.4 Å². The van der Waals surface area contributed by atoms with Crippen molar-refractivity contribution in [1.29, 1.82) is 0 Å². The summed E-state index contributed by atoms with van der Waals surface area (Å²) in [5.74, 6) is -0.520. The van der Waals surface area contributed by atoms with Crippen molar-refractivity contribution in [3.05, 3.63) is 54.3 Å². The van der Waals surface area contributed by atoms with Crippen molar-refractivity contribution in [1.82, 2.24) is 5.32 Å². The van der Waals surface area contributed by atoms with E-state index in [0.29, 0.717) is 37.3 Å². The summed E-state index contributed by atoms with van der Waals surface area (Å²) in [6.07, 6.45) is 0.592. The van der Waals surface area contributed by atoms with Crippen molar-refractivity contribution >= 4 is 28.0 Å². The number of aliphatic hydroxyl groups excluding tert-OH is 1. The Hall–Kier alpha value is -1.84. The predicted octanol–water partition coefficient (Wildman–Crippen LogP) is 3.72. The lowest BCUT2D eigenvalue weighted by Crippen LogP contribution is -2.33. The topological polar surface area (TPSA) is 79.2 Å². The van der Waals surface area contributed by atoms with E-state index in [9.17, 15) is 18.6 Å². The lowest BCUT2D eigenvalue weighted by atomic mass is 10.2. The van der Waals surface area contributed by atoms with Crippen LogP contribution in [0.15, 0.2) is 48.5 Å². The summed E-state index contributed by atoms with van der Waals surface area (Å²) in [4.78, 5) is 0. The Morgan fingerprint density at radius 2 is 1.65 bits per heavy atom. The summed E-state index contributed by atoms with van der Waals surface area (Å²) in [7, 11) is -1.68. The number of aliphatic hydroxyl groups is 1. The molecule has 2 aromatic rings. The number of nitrogens with zero attached hydrogens (tertiary/aromatic N) is 2. The zero-order valence-electron chi connectivity index (χ0n) is 14.5. The molecule has 0 unspecified atom stereocenters. The molecular formula is C18H24FN3O3S. The van der Waals surface area contributed by atoms with Gasteiger partial charge < -0.3 is 10.4 Å². The average Bonchev–Trinajstić information content (AvgIpc) is 2.83. The van der Waals surface area contributed by atoms with Gasteiger partial charge in [-0.25, -0.2) is 8.70 Å². The quantitative estimate of drug-likeness (QED) is 0.585. The van der Waals surface area contributed by atoms with Gasteiger partial charge in [0.05, 0.1) is 17.5 Å². The third kappa shape index (κ3) is 3.51. The number of halogens is 1. The fourth-order valence-electron chi connectivity index (χ4n) is 3.14. The molecule has 26 heavy (non-hydrogen) atoms. The van der Waals surface area contributed by atoms with Crippen LogP contribution < -0.4 is 13.9 Å². The van der Waals surface area contributed by atoms with E-state index in [2.05, 4.69) is 5.32 Å². The number of hydrogen-bond acceptors (Lipinski definition) is 6. The van der Waals surface area contributed by atoms with Crippen LogP contribution in [0.5, 0.6) is 0 Å². The molecule has 0 bridgehead atoms. The SMILES string of the molecule is CNC[C@@H](O)CCCN1c2ccccc2N(c2ccccc2F)S1(O)O. The molecule has 4 N–H and O–H groups in total. The average molecular weight is 381 g/mol. The van der Waals surface area contributed by atoms with Crippen LogP contribution in [0, 0.1) is 5.82 Å². The molecule has 0 fully saturated rings. The molecule has 8 heteroatoms. The molecule has 0 amide bonds. The van der Waals surface area contributed by atoms with Crippen LogP contribution in [-0.2, 0) is 0 Å². The normalized spacial score (nSPS) is 17.9. The molecule has 2 aromatic carbocycles. The number of rotatable bonds is 7. The van der Waals surface area contributed by atoms with Gasteiger partial charge >= 0.3 is 0 Å². The molecular weight excluding hydrogens is 357 g/mol. The van der Waals surface area contributed by atoms with Crippen LogP contribution in [0.25, 0.3) is 0 Å². The zero-order valence-corrected chi connectivity index (χ0v) is 15.4. The number of para-hydroxylation sites is 3. The highest BCUT2D eigenvalue weighted by atomic mass is 32.3. The first kappa shape index (κ1) is 18.9. The largest absolute Gasteiger partial charge is 0.392 e. The fraction of sp³-hybridized carbons (Fsp3) is 0.333. The van der Waals surface area contributed by atoms with E-state index in [1.165, 1.54) is 20.7 Å². The van der Waals surface area contributed by atoms with Crippen molar-refractivity contribution in [3.8, 4) is 0 Å². The molecule has 1 atom stereocenters. The second kappa shape index (κ2) is 7.81. The van der Waals surface area contributed by atoms with Crippen LogP contribution in [0.3, 0.4) is 0 Å². The Balaban J connectivity index is 1.89. The lowest BCUT2D eigenvalue weighted by molar-refractivity contribution is 0.162. The summed E-state index contributed by atoms with van der Waals surface area (Å²) in [6, 6.07) is 13.2. The van der Waals surface area contributed by atoms with E-state index in [1.54, 1.807) is 37.4 Å². The van der Waals surface area contributed by atoms with Gasteiger partial charge in [-0.15, -0.1) is 0 Å². The van der Waals surface area contributed by atoms with Gasteiger partial charge in [0, 0.05) is 13.1 Å². The Morgan fingerprint density at radius 1 is 1.04 bits per heavy atom. The summed E-state index contributed by atoms with van der Waals surface area (Å²) >= 11 is 0. The molecule has 0 saturated heterocycles.